The highest BCUT2D eigenvalue weighted by atomic mass is 31.0. The summed E-state index contributed by atoms with van der Waals surface area (Å²) in [5, 5.41) is 0. The van der Waals surface area contributed by atoms with Crippen molar-refractivity contribution in [2.45, 2.75) is 64.5 Å². The second kappa shape index (κ2) is 8.00. The molecule has 0 spiro atoms. The number of ether oxygens (including phenoxy) is 2. The fraction of sp³-hybridized carbons (Fsp3) is 0.647. The van der Waals surface area contributed by atoms with Gasteiger partial charge in [-0.05, 0) is 36.7 Å². The van der Waals surface area contributed by atoms with Crippen LogP contribution in [0.25, 0.3) is 0 Å². The van der Waals surface area contributed by atoms with Gasteiger partial charge in [-0.15, -0.1) is 9.24 Å². The topological polar surface area (TPSA) is 18.5 Å². The van der Waals surface area contributed by atoms with E-state index in [0.29, 0.717) is 12.0 Å². The maximum Gasteiger partial charge on any atom is 0.202 e. The molecule has 1 fully saturated rings. The molecule has 0 aromatic heterocycles. The van der Waals surface area contributed by atoms with E-state index in [-0.39, 0.29) is 6.29 Å². The van der Waals surface area contributed by atoms with Crippen LogP contribution in [-0.4, -0.2) is 12.4 Å². The van der Waals surface area contributed by atoms with Crippen molar-refractivity contribution in [3.05, 3.63) is 29.8 Å². The van der Waals surface area contributed by atoms with Crippen molar-refractivity contribution in [2.75, 3.05) is 0 Å². The molecule has 0 saturated heterocycles. The fourth-order valence-electron chi connectivity index (χ4n) is 2.55. The first kappa shape index (κ1) is 15.8. The molecule has 20 heavy (non-hydrogen) atoms. The Hall–Kier alpha value is -0.590. The van der Waals surface area contributed by atoms with E-state index in [2.05, 4.69) is 35.2 Å². The van der Waals surface area contributed by atoms with Gasteiger partial charge >= 0.3 is 0 Å². The molecular weight excluding hydrogens is 267 g/mol. The fourth-order valence-corrected chi connectivity index (χ4v) is 2.82. The average Bonchev–Trinajstić information content (AvgIpc) is 2.48. The number of benzene rings is 1. The van der Waals surface area contributed by atoms with E-state index in [1.165, 1.54) is 37.7 Å². The Bertz CT molecular complexity index is 382. The van der Waals surface area contributed by atoms with Crippen LogP contribution in [-0.2, 0) is 10.9 Å². The van der Waals surface area contributed by atoms with Crippen LogP contribution in [0.2, 0.25) is 0 Å². The first-order valence-electron chi connectivity index (χ1n) is 7.80. The molecule has 1 aliphatic carbocycles. The van der Waals surface area contributed by atoms with E-state index in [1.54, 1.807) is 0 Å². The zero-order valence-electron chi connectivity index (χ0n) is 12.7. The van der Waals surface area contributed by atoms with Gasteiger partial charge in [0.05, 0.1) is 6.10 Å². The van der Waals surface area contributed by atoms with Crippen molar-refractivity contribution in [3.63, 3.8) is 0 Å². The Labute approximate surface area is 125 Å². The molecule has 0 radical (unpaired) electrons. The van der Waals surface area contributed by atoms with Crippen LogP contribution in [0.1, 0.15) is 51.5 Å². The molecule has 3 heteroatoms. The van der Waals surface area contributed by atoms with Gasteiger partial charge in [0.2, 0.25) is 6.29 Å². The number of rotatable bonds is 6. The minimum absolute atomic E-state index is 0.139. The third-order valence-corrected chi connectivity index (χ3v) is 4.31. The van der Waals surface area contributed by atoms with E-state index in [0.717, 1.165) is 11.9 Å². The molecule has 1 aromatic carbocycles. The molecule has 2 nitrogen and oxygen atoms in total. The van der Waals surface area contributed by atoms with Crippen molar-refractivity contribution in [2.24, 2.45) is 5.92 Å². The normalized spacial score (nSPS) is 18.2. The second-order valence-electron chi connectivity index (χ2n) is 5.97. The summed E-state index contributed by atoms with van der Waals surface area (Å²) in [7, 11) is 2.74. The molecule has 2 unspecified atom stereocenters. The smallest absolute Gasteiger partial charge is 0.202 e. The zero-order valence-corrected chi connectivity index (χ0v) is 13.8. The summed E-state index contributed by atoms with van der Waals surface area (Å²) in [5.41, 5.74) is 1.30. The third kappa shape index (κ3) is 4.75. The second-order valence-corrected chi connectivity index (χ2v) is 6.38. The van der Waals surface area contributed by atoms with E-state index in [9.17, 15) is 0 Å². The van der Waals surface area contributed by atoms with Crippen LogP contribution in [0.4, 0.5) is 0 Å². The highest BCUT2D eigenvalue weighted by Gasteiger charge is 2.22. The van der Waals surface area contributed by atoms with Gasteiger partial charge in [-0.3, -0.25) is 0 Å². The maximum atomic E-state index is 6.19. The van der Waals surface area contributed by atoms with E-state index in [1.807, 2.05) is 12.1 Å². The van der Waals surface area contributed by atoms with Crippen molar-refractivity contribution in [3.8, 4) is 5.75 Å². The zero-order chi connectivity index (χ0) is 14.4. The van der Waals surface area contributed by atoms with E-state index < -0.39 is 0 Å². The molecule has 2 rings (SSSR count). The Morgan fingerprint density at radius 2 is 1.75 bits per heavy atom. The predicted molar refractivity (Wildman–Crippen MR) is 87.1 cm³/mol. The monoisotopic (exact) mass is 294 g/mol. The summed E-state index contributed by atoms with van der Waals surface area (Å²) in [6.07, 6.45) is 7.51. The van der Waals surface area contributed by atoms with Gasteiger partial charge in [-0.2, -0.15) is 0 Å². The first-order chi connectivity index (χ1) is 9.69. The summed E-state index contributed by atoms with van der Waals surface area (Å²) in [6, 6.07) is 8.30. The Balaban J connectivity index is 1.93. The maximum absolute atomic E-state index is 6.19. The van der Waals surface area contributed by atoms with Crippen LogP contribution >= 0.6 is 9.24 Å². The molecule has 0 N–H and O–H groups in total. The van der Waals surface area contributed by atoms with Crippen LogP contribution in [0.15, 0.2) is 24.3 Å². The Kier molecular flexibility index (Phi) is 6.32. The quantitative estimate of drug-likeness (QED) is 0.555. The van der Waals surface area contributed by atoms with Crippen molar-refractivity contribution in [1.29, 1.82) is 0 Å². The van der Waals surface area contributed by atoms with Gasteiger partial charge < -0.3 is 9.47 Å². The largest absolute Gasteiger partial charge is 0.465 e. The standard InChI is InChI=1S/C17H27O2P/c1-13(2)17(18-15-6-4-3-5-7-15)19-16-10-8-14(12-20)9-11-16/h8-11,13,15,17H,3-7,12,20H2,1-2H3. The molecule has 1 saturated carbocycles. The van der Waals surface area contributed by atoms with Crippen molar-refractivity contribution >= 4 is 9.24 Å². The summed E-state index contributed by atoms with van der Waals surface area (Å²) in [5.74, 6) is 1.26. The minimum atomic E-state index is -0.139. The van der Waals surface area contributed by atoms with Gasteiger partial charge in [0, 0.05) is 5.92 Å². The lowest BCUT2D eigenvalue weighted by atomic mass is 9.97. The van der Waals surface area contributed by atoms with Crippen LogP contribution in [0, 0.1) is 5.92 Å². The Morgan fingerprint density at radius 1 is 1.10 bits per heavy atom. The molecule has 1 aliphatic rings. The van der Waals surface area contributed by atoms with Crippen LogP contribution in [0.3, 0.4) is 0 Å². The Morgan fingerprint density at radius 3 is 2.30 bits per heavy atom. The van der Waals surface area contributed by atoms with Gasteiger partial charge in [-0.25, -0.2) is 0 Å². The van der Waals surface area contributed by atoms with E-state index in [4.69, 9.17) is 9.47 Å². The third-order valence-electron chi connectivity index (χ3n) is 3.83. The summed E-state index contributed by atoms with van der Waals surface area (Å²) >= 11 is 0. The lowest BCUT2D eigenvalue weighted by molar-refractivity contribution is -0.150. The summed E-state index contributed by atoms with van der Waals surface area (Å²) in [4.78, 5) is 0. The predicted octanol–water partition coefficient (Wildman–Crippen LogP) is 4.77. The SMILES string of the molecule is CC(C)C(Oc1ccc(CP)cc1)OC1CCCCC1. The number of hydrogen-bond donors (Lipinski definition) is 0. The molecule has 112 valence electrons. The molecule has 2 atom stereocenters. The van der Waals surface area contributed by atoms with Crippen LogP contribution < -0.4 is 4.74 Å². The summed E-state index contributed by atoms with van der Waals surface area (Å²) < 4.78 is 12.2. The highest BCUT2D eigenvalue weighted by molar-refractivity contribution is 7.15. The average molecular weight is 294 g/mol. The minimum Gasteiger partial charge on any atom is -0.465 e. The van der Waals surface area contributed by atoms with Crippen molar-refractivity contribution in [1.82, 2.24) is 0 Å². The van der Waals surface area contributed by atoms with Gasteiger partial charge in [0.25, 0.3) is 0 Å². The lowest BCUT2D eigenvalue weighted by Crippen LogP contribution is -2.32. The molecule has 0 bridgehead atoms. The molecule has 0 amide bonds. The van der Waals surface area contributed by atoms with Gasteiger partial charge in [-0.1, -0.05) is 45.2 Å². The molecular formula is C17H27O2P. The first-order valence-corrected chi connectivity index (χ1v) is 8.62. The van der Waals surface area contributed by atoms with Crippen molar-refractivity contribution < 1.29 is 9.47 Å². The lowest BCUT2D eigenvalue weighted by Gasteiger charge is -2.30. The summed E-state index contributed by atoms with van der Waals surface area (Å²) in [6.45, 7) is 4.31. The molecule has 1 aromatic rings. The van der Waals surface area contributed by atoms with Crippen LogP contribution in [0.5, 0.6) is 5.75 Å². The van der Waals surface area contributed by atoms with E-state index >= 15 is 0 Å². The highest BCUT2D eigenvalue weighted by Crippen LogP contribution is 2.25. The van der Waals surface area contributed by atoms with Gasteiger partial charge in [0.1, 0.15) is 5.75 Å². The number of hydrogen-bond acceptors (Lipinski definition) is 2. The van der Waals surface area contributed by atoms with Gasteiger partial charge in [0.15, 0.2) is 0 Å². The molecule has 0 aliphatic heterocycles. The molecule has 0 heterocycles.